The molecule has 8 heteroatoms. The number of hydrogen-bond donors (Lipinski definition) is 1. The Morgan fingerprint density at radius 2 is 1.88 bits per heavy atom. The summed E-state index contributed by atoms with van der Waals surface area (Å²) in [5.41, 5.74) is 10.1. The number of anilines is 1. The van der Waals surface area contributed by atoms with E-state index in [0.29, 0.717) is 41.3 Å². The fraction of sp³-hybridized carbons (Fsp3) is 0.292. The summed E-state index contributed by atoms with van der Waals surface area (Å²) >= 11 is 0. The Hall–Kier alpha value is -3.81. The molecule has 0 unspecified atom stereocenters. The Bertz CT molecular complexity index is 1310. The Morgan fingerprint density at radius 3 is 2.69 bits per heavy atom. The van der Waals surface area contributed by atoms with Gasteiger partial charge in [-0.2, -0.15) is 0 Å². The van der Waals surface area contributed by atoms with Gasteiger partial charge in [0.05, 0.1) is 24.2 Å². The van der Waals surface area contributed by atoms with Crippen molar-refractivity contribution in [3.05, 3.63) is 53.6 Å². The number of aromatic nitrogens is 3. The summed E-state index contributed by atoms with van der Waals surface area (Å²) in [6.07, 6.45) is 2.86. The quantitative estimate of drug-likeness (QED) is 0.343. The number of para-hydroxylation sites is 2. The van der Waals surface area contributed by atoms with Crippen LogP contribution in [0.15, 0.2) is 42.5 Å². The van der Waals surface area contributed by atoms with Crippen molar-refractivity contribution in [1.82, 2.24) is 14.5 Å². The van der Waals surface area contributed by atoms with Gasteiger partial charge in [0, 0.05) is 0 Å². The molecule has 2 aromatic carbocycles. The Labute approximate surface area is 184 Å². The van der Waals surface area contributed by atoms with E-state index < -0.39 is 5.97 Å². The molecule has 3 heterocycles. The smallest absolute Gasteiger partial charge is 0.344 e. The minimum Gasteiger partial charge on any atom is -0.462 e. The number of rotatable bonds is 7. The van der Waals surface area contributed by atoms with Crippen molar-refractivity contribution in [2.45, 2.75) is 32.7 Å². The summed E-state index contributed by atoms with van der Waals surface area (Å²) in [5.74, 6) is 1.21. The molecular weight excluding hydrogens is 408 g/mol. The topological polar surface area (TPSA) is 101 Å². The lowest BCUT2D eigenvalue weighted by Gasteiger charge is -2.09. The average molecular weight is 432 g/mol. The molecular formula is C24H24N4O4. The van der Waals surface area contributed by atoms with Crippen LogP contribution in [0, 0.1) is 0 Å². The van der Waals surface area contributed by atoms with E-state index in [-0.39, 0.29) is 18.2 Å². The Morgan fingerprint density at radius 1 is 1.09 bits per heavy atom. The lowest BCUT2D eigenvalue weighted by molar-refractivity contribution is 0.0501. The zero-order chi connectivity index (χ0) is 22.1. The zero-order valence-corrected chi connectivity index (χ0v) is 17.8. The fourth-order valence-corrected chi connectivity index (χ4v) is 3.89. The summed E-state index contributed by atoms with van der Waals surface area (Å²) < 4.78 is 18.2. The fourth-order valence-electron chi connectivity index (χ4n) is 3.89. The minimum absolute atomic E-state index is 0.207. The molecule has 0 atom stereocenters. The van der Waals surface area contributed by atoms with Gasteiger partial charge in [0.1, 0.15) is 16.9 Å². The lowest BCUT2D eigenvalue weighted by atomic mass is 10.2. The van der Waals surface area contributed by atoms with Gasteiger partial charge in [0.25, 0.3) is 0 Å². The molecule has 0 radical (unpaired) electrons. The van der Waals surface area contributed by atoms with E-state index in [1.807, 2.05) is 42.5 Å². The second kappa shape index (κ2) is 8.37. The highest BCUT2D eigenvalue weighted by Crippen LogP contribution is 2.34. The van der Waals surface area contributed by atoms with Gasteiger partial charge in [-0.1, -0.05) is 38.0 Å². The summed E-state index contributed by atoms with van der Waals surface area (Å²) in [5, 5.41) is 0. The van der Waals surface area contributed by atoms with Gasteiger partial charge in [0.15, 0.2) is 17.1 Å². The molecule has 0 saturated carbocycles. The van der Waals surface area contributed by atoms with Crippen LogP contribution in [0.4, 0.5) is 5.82 Å². The first kappa shape index (κ1) is 20.1. The average Bonchev–Trinajstić information content (AvgIpc) is 3.37. The van der Waals surface area contributed by atoms with Crippen molar-refractivity contribution in [1.29, 1.82) is 0 Å². The van der Waals surface area contributed by atoms with Crippen LogP contribution in [-0.4, -0.2) is 33.9 Å². The maximum absolute atomic E-state index is 13.0. The lowest BCUT2D eigenvalue weighted by Crippen LogP contribution is -2.11. The van der Waals surface area contributed by atoms with E-state index in [2.05, 4.69) is 6.92 Å². The van der Waals surface area contributed by atoms with E-state index in [1.54, 1.807) is 4.57 Å². The predicted molar refractivity (Wildman–Crippen MR) is 121 cm³/mol. The third kappa shape index (κ3) is 3.57. The summed E-state index contributed by atoms with van der Waals surface area (Å²) in [7, 11) is 0. The van der Waals surface area contributed by atoms with Gasteiger partial charge in [-0.05, 0) is 36.2 Å². The number of nitrogens with two attached hydrogens (primary N) is 1. The SMILES string of the molecule is CCCCCOC(=O)c1c(N)n(Cc2ccc3c(c2)OCO3)c2nc3ccccc3nc12. The van der Waals surface area contributed by atoms with Gasteiger partial charge in [-0.15, -0.1) is 0 Å². The number of esters is 1. The zero-order valence-electron chi connectivity index (χ0n) is 17.8. The Balaban J connectivity index is 1.59. The molecule has 0 spiro atoms. The van der Waals surface area contributed by atoms with Gasteiger partial charge < -0.3 is 24.5 Å². The third-order valence-corrected chi connectivity index (χ3v) is 5.55. The number of hydrogen-bond acceptors (Lipinski definition) is 7. The van der Waals surface area contributed by atoms with E-state index in [0.717, 1.165) is 30.3 Å². The second-order valence-corrected chi connectivity index (χ2v) is 7.76. The second-order valence-electron chi connectivity index (χ2n) is 7.76. The van der Waals surface area contributed by atoms with Crippen molar-refractivity contribution >= 4 is 34.0 Å². The normalized spacial score (nSPS) is 12.5. The highest BCUT2D eigenvalue weighted by molar-refractivity contribution is 6.08. The van der Waals surface area contributed by atoms with Gasteiger partial charge in [-0.3, -0.25) is 0 Å². The molecule has 0 amide bonds. The largest absolute Gasteiger partial charge is 0.462 e. The number of benzene rings is 2. The number of ether oxygens (including phenoxy) is 3. The van der Waals surface area contributed by atoms with Crippen LogP contribution in [0.3, 0.4) is 0 Å². The van der Waals surface area contributed by atoms with E-state index in [4.69, 9.17) is 29.9 Å². The summed E-state index contributed by atoms with van der Waals surface area (Å²) in [4.78, 5) is 22.5. The molecule has 1 aliphatic rings. The summed E-state index contributed by atoms with van der Waals surface area (Å²) in [6.45, 7) is 3.06. The highest BCUT2D eigenvalue weighted by atomic mass is 16.7. The first-order valence-corrected chi connectivity index (χ1v) is 10.8. The number of nitrogen functional groups attached to an aromatic ring is 1. The maximum Gasteiger partial charge on any atom is 0.344 e. The van der Waals surface area contributed by atoms with E-state index in [9.17, 15) is 4.79 Å². The minimum atomic E-state index is -0.474. The highest BCUT2D eigenvalue weighted by Gasteiger charge is 2.25. The van der Waals surface area contributed by atoms with Gasteiger partial charge in [-0.25, -0.2) is 14.8 Å². The maximum atomic E-state index is 13.0. The predicted octanol–water partition coefficient (Wildman–Crippen LogP) is 4.29. The van der Waals surface area contributed by atoms with Crippen LogP contribution in [0.2, 0.25) is 0 Å². The van der Waals surface area contributed by atoms with Crippen LogP contribution >= 0.6 is 0 Å². The van der Waals surface area contributed by atoms with Crippen molar-refractivity contribution in [3.63, 3.8) is 0 Å². The first-order chi connectivity index (χ1) is 15.7. The van der Waals surface area contributed by atoms with Crippen LogP contribution in [0.25, 0.3) is 22.2 Å². The number of unbranched alkanes of at least 4 members (excludes halogenated alkanes) is 2. The van der Waals surface area contributed by atoms with Crippen LogP contribution in [0.5, 0.6) is 11.5 Å². The van der Waals surface area contributed by atoms with Crippen LogP contribution in [0.1, 0.15) is 42.1 Å². The van der Waals surface area contributed by atoms with Crippen LogP contribution in [-0.2, 0) is 11.3 Å². The third-order valence-electron chi connectivity index (χ3n) is 5.55. The molecule has 4 aromatic rings. The molecule has 164 valence electrons. The molecule has 0 bridgehead atoms. The molecule has 0 fully saturated rings. The van der Waals surface area contributed by atoms with Crippen molar-refractivity contribution in [2.24, 2.45) is 0 Å². The first-order valence-electron chi connectivity index (χ1n) is 10.8. The molecule has 2 N–H and O–H groups in total. The molecule has 8 nitrogen and oxygen atoms in total. The number of carbonyl (C=O) groups excluding carboxylic acids is 1. The van der Waals surface area contributed by atoms with E-state index in [1.165, 1.54) is 0 Å². The molecule has 0 saturated heterocycles. The molecule has 1 aliphatic heterocycles. The Kier molecular flexibility index (Phi) is 5.26. The number of fused-ring (bicyclic) bond motifs is 3. The van der Waals surface area contributed by atoms with Gasteiger partial charge >= 0.3 is 5.97 Å². The standard InChI is InChI=1S/C24H24N4O4/c1-2-3-6-11-30-24(29)20-21-23(27-17-8-5-4-7-16(17)26-21)28(22(20)25)13-15-9-10-18-19(12-15)32-14-31-18/h4-5,7-10,12H,2-3,6,11,13-14,25H2,1H3. The molecule has 5 rings (SSSR count). The monoisotopic (exact) mass is 432 g/mol. The van der Waals surface area contributed by atoms with Gasteiger partial charge in [0.2, 0.25) is 6.79 Å². The van der Waals surface area contributed by atoms with Crippen molar-refractivity contribution in [2.75, 3.05) is 19.1 Å². The summed E-state index contributed by atoms with van der Waals surface area (Å²) in [6, 6.07) is 13.3. The van der Waals surface area contributed by atoms with Crippen molar-refractivity contribution in [3.8, 4) is 11.5 Å². The number of carbonyl (C=O) groups is 1. The number of nitrogens with zero attached hydrogens (tertiary/aromatic N) is 3. The van der Waals surface area contributed by atoms with Crippen molar-refractivity contribution < 1.29 is 19.0 Å². The molecule has 0 aliphatic carbocycles. The van der Waals surface area contributed by atoms with Crippen LogP contribution < -0.4 is 15.2 Å². The van der Waals surface area contributed by atoms with E-state index >= 15 is 0 Å². The molecule has 2 aromatic heterocycles. The molecule has 32 heavy (non-hydrogen) atoms.